The zero-order chi connectivity index (χ0) is 17.3. The van der Waals surface area contributed by atoms with Gasteiger partial charge in [0.15, 0.2) is 5.13 Å². The van der Waals surface area contributed by atoms with Gasteiger partial charge in [-0.3, -0.25) is 4.79 Å². The van der Waals surface area contributed by atoms with Crippen LogP contribution in [-0.4, -0.2) is 17.4 Å². The minimum atomic E-state index is -4.38. The number of rotatable bonds is 4. The number of thiazole rings is 1. The fourth-order valence-corrected chi connectivity index (χ4v) is 3.39. The second-order valence-electron chi connectivity index (χ2n) is 5.64. The molecule has 2 aromatic rings. The van der Waals surface area contributed by atoms with Gasteiger partial charge in [0.1, 0.15) is 4.88 Å². The quantitative estimate of drug-likeness (QED) is 0.881. The van der Waals surface area contributed by atoms with Gasteiger partial charge in [0.25, 0.3) is 0 Å². The summed E-state index contributed by atoms with van der Waals surface area (Å²) >= 11 is 0.581. The third-order valence-electron chi connectivity index (χ3n) is 3.88. The van der Waals surface area contributed by atoms with E-state index >= 15 is 0 Å². The van der Waals surface area contributed by atoms with E-state index in [2.05, 4.69) is 10.3 Å². The second kappa shape index (κ2) is 6.43. The number of amides is 1. The maximum Gasteiger partial charge on any atom is 0.427 e. The normalized spacial score (nSPS) is 16.5. The first kappa shape index (κ1) is 16.8. The van der Waals surface area contributed by atoms with Crippen LogP contribution < -0.4 is 10.2 Å². The van der Waals surface area contributed by atoms with Gasteiger partial charge in [-0.15, -0.1) is 0 Å². The predicted octanol–water partition coefficient (Wildman–Crippen LogP) is 4.46. The van der Waals surface area contributed by atoms with Gasteiger partial charge in [0.05, 0.1) is 12.2 Å². The van der Waals surface area contributed by atoms with Crippen LogP contribution >= 0.6 is 11.3 Å². The maximum atomic E-state index is 12.6. The number of hydrogen-bond donors (Lipinski definition) is 1. The van der Waals surface area contributed by atoms with Gasteiger partial charge in [-0.05, 0) is 31.0 Å². The van der Waals surface area contributed by atoms with Crippen molar-refractivity contribution in [3.05, 3.63) is 40.9 Å². The van der Waals surface area contributed by atoms with E-state index in [0.29, 0.717) is 24.3 Å². The molecule has 0 saturated carbocycles. The number of alkyl halides is 3. The minimum absolute atomic E-state index is 0.0995. The molecule has 0 radical (unpaired) electrons. The summed E-state index contributed by atoms with van der Waals surface area (Å²) in [6.07, 6.45) is -2.15. The van der Waals surface area contributed by atoms with Gasteiger partial charge in [-0.2, -0.15) is 13.2 Å². The predicted molar refractivity (Wildman–Crippen MR) is 87.2 cm³/mol. The molecule has 1 saturated heterocycles. The molecule has 4 nitrogen and oxygen atoms in total. The van der Waals surface area contributed by atoms with Crippen molar-refractivity contribution < 1.29 is 18.0 Å². The third-order valence-corrected chi connectivity index (χ3v) is 4.85. The number of hydrogen-bond acceptors (Lipinski definition) is 4. The number of benzene rings is 1. The van der Waals surface area contributed by atoms with E-state index in [1.54, 1.807) is 4.90 Å². The van der Waals surface area contributed by atoms with Gasteiger partial charge in [-0.25, -0.2) is 4.98 Å². The van der Waals surface area contributed by atoms with Crippen LogP contribution in [0.1, 0.15) is 36.2 Å². The summed E-state index contributed by atoms with van der Waals surface area (Å²) in [6, 6.07) is 7.25. The lowest BCUT2D eigenvalue weighted by Crippen LogP contribution is -2.23. The Hall–Kier alpha value is -2.09. The molecule has 1 atom stereocenters. The van der Waals surface area contributed by atoms with Crippen LogP contribution in [0.3, 0.4) is 0 Å². The van der Waals surface area contributed by atoms with Crippen LogP contribution in [0.25, 0.3) is 0 Å². The Labute approximate surface area is 141 Å². The van der Waals surface area contributed by atoms with Crippen molar-refractivity contribution in [3.8, 4) is 0 Å². The first-order chi connectivity index (χ1) is 11.3. The zero-order valence-corrected chi connectivity index (χ0v) is 13.7. The lowest BCUT2D eigenvalue weighted by molar-refractivity contribution is -0.134. The first-order valence-corrected chi connectivity index (χ1v) is 8.36. The summed E-state index contributed by atoms with van der Waals surface area (Å²) in [7, 11) is 0. The summed E-state index contributed by atoms with van der Waals surface area (Å²) in [6.45, 7) is 2.55. The molecule has 1 fully saturated rings. The molecule has 3 rings (SSSR count). The van der Waals surface area contributed by atoms with Crippen LogP contribution in [0.2, 0.25) is 0 Å². The standard InChI is InChI=1S/C16H16F3N3OS/c1-10(21-15-20-9-13(24-15)16(17,18)19)11-4-2-5-12(8-11)22-7-3-6-14(22)23/h2,4-5,8-10H,3,6-7H2,1H3,(H,20,21). The molecule has 1 N–H and O–H groups in total. The molecule has 128 valence electrons. The number of halogens is 3. The fraction of sp³-hybridized carbons (Fsp3) is 0.375. The number of anilines is 2. The van der Waals surface area contributed by atoms with Gasteiger partial charge < -0.3 is 10.2 Å². The van der Waals surface area contributed by atoms with Crippen LogP contribution in [-0.2, 0) is 11.0 Å². The topological polar surface area (TPSA) is 45.2 Å². The summed E-state index contributed by atoms with van der Waals surface area (Å²) in [4.78, 5) is 16.6. The molecule has 0 aliphatic carbocycles. The second-order valence-corrected chi connectivity index (χ2v) is 6.67. The number of nitrogens with one attached hydrogen (secondary N) is 1. The van der Waals surface area contributed by atoms with Crippen molar-refractivity contribution in [2.24, 2.45) is 0 Å². The highest BCUT2D eigenvalue weighted by molar-refractivity contribution is 7.15. The van der Waals surface area contributed by atoms with Gasteiger partial charge in [-0.1, -0.05) is 23.5 Å². The molecule has 0 spiro atoms. The molecular weight excluding hydrogens is 339 g/mol. The Morgan fingerprint density at radius 1 is 1.38 bits per heavy atom. The summed E-state index contributed by atoms with van der Waals surface area (Å²) < 4.78 is 37.9. The zero-order valence-electron chi connectivity index (χ0n) is 12.9. The van der Waals surface area contributed by atoms with Crippen molar-refractivity contribution in [1.82, 2.24) is 4.98 Å². The average molecular weight is 355 g/mol. The van der Waals surface area contributed by atoms with Crippen LogP contribution in [0.4, 0.5) is 24.0 Å². The molecule has 0 bridgehead atoms. The Kier molecular flexibility index (Phi) is 4.49. The number of nitrogens with zero attached hydrogens (tertiary/aromatic N) is 2. The number of aromatic nitrogens is 1. The van der Waals surface area contributed by atoms with E-state index in [-0.39, 0.29) is 17.1 Å². The number of carbonyl (C=O) groups excluding carboxylic acids is 1. The van der Waals surface area contributed by atoms with Crippen LogP contribution in [0.15, 0.2) is 30.5 Å². The summed E-state index contributed by atoms with van der Waals surface area (Å²) in [5.74, 6) is 0.0995. The van der Waals surface area contributed by atoms with E-state index in [0.717, 1.165) is 23.9 Å². The van der Waals surface area contributed by atoms with Crippen molar-refractivity contribution in [2.75, 3.05) is 16.8 Å². The first-order valence-electron chi connectivity index (χ1n) is 7.54. The molecule has 1 aromatic carbocycles. The highest BCUT2D eigenvalue weighted by Gasteiger charge is 2.33. The van der Waals surface area contributed by atoms with Gasteiger partial charge >= 0.3 is 6.18 Å². The smallest absolute Gasteiger partial charge is 0.355 e. The molecule has 2 heterocycles. The largest absolute Gasteiger partial charge is 0.427 e. The molecule has 1 aromatic heterocycles. The molecule has 1 aliphatic heterocycles. The van der Waals surface area contributed by atoms with E-state index < -0.39 is 11.1 Å². The van der Waals surface area contributed by atoms with Gasteiger partial charge in [0, 0.05) is 18.7 Å². The lowest BCUT2D eigenvalue weighted by Gasteiger charge is -2.19. The van der Waals surface area contributed by atoms with E-state index in [9.17, 15) is 18.0 Å². The molecular formula is C16H16F3N3OS. The lowest BCUT2D eigenvalue weighted by atomic mass is 10.1. The Bertz CT molecular complexity index is 744. The van der Waals surface area contributed by atoms with Crippen molar-refractivity contribution in [3.63, 3.8) is 0 Å². The Balaban J connectivity index is 1.74. The van der Waals surface area contributed by atoms with Crippen LogP contribution in [0.5, 0.6) is 0 Å². The average Bonchev–Trinajstić information content (AvgIpc) is 3.16. The van der Waals surface area contributed by atoms with E-state index in [4.69, 9.17) is 0 Å². The minimum Gasteiger partial charge on any atom is -0.355 e. The summed E-state index contributed by atoms with van der Waals surface area (Å²) in [5, 5.41) is 3.20. The highest BCUT2D eigenvalue weighted by atomic mass is 32.1. The van der Waals surface area contributed by atoms with Crippen molar-refractivity contribution >= 4 is 28.1 Å². The Morgan fingerprint density at radius 2 is 2.17 bits per heavy atom. The SMILES string of the molecule is CC(Nc1ncc(C(F)(F)F)s1)c1cccc(N2CCCC2=O)c1. The Morgan fingerprint density at radius 3 is 2.79 bits per heavy atom. The number of carbonyl (C=O) groups is 1. The fourth-order valence-electron chi connectivity index (χ4n) is 2.62. The third kappa shape index (κ3) is 3.53. The van der Waals surface area contributed by atoms with Crippen LogP contribution in [0, 0.1) is 0 Å². The summed E-state index contributed by atoms with van der Waals surface area (Å²) in [5.41, 5.74) is 1.70. The molecule has 1 aliphatic rings. The highest BCUT2D eigenvalue weighted by Crippen LogP contribution is 2.36. The monoisotopic (exact) mass is 355 g/mol. The van der Waals surface area contributed by atoms with Gasteiger partial charge in [0.2, 0.25) is 5.91 Å². The maximum absolute atomic E-state index is 12.6. The van der Waals surface area contributed by atoms with Crippen molar-refractivity contribution in [1.29, 1.82) is 0 Å². The molecule has 1 unspecified atom stereocenters. The van der Waals surface area contributed by atoms with E-state index in [1.807, 2.05) is 31.2 Å². The molecule has 24 heavy (non-hydrogen) atoms. The van der Waals surface area contributed by atoms with E-state index in [1.165, 1.54) is 0 Å². The van der Waals surface area contributed by atoms with Crippen molar-refractivity contribution in [2.45, 2.75) is 32.0 Å². The molecule has 1 amide bonds. The molecule has 8 heteroatoms.